The molecule has 4 heterocycles. The van der Waals surface area contributed by atoms with Gasteiger partial charge in [0.05, 0.1) is 22.4 Å². The molecule has 4 nitrogen and oxygen atoms in total. The number of pyridine rings is 2. The first kappa shape index (κ1) is 28.0. The largest absolute Gasteiger partial charge is 0.360 e. The van der Waals surface area contributed by atoms with Gasteiger partial charge in [-0.2, -0.15) is 0 Å². The minimum Gasteiger partial charge on any atom is -0.360 e. The van der Waals surface area contributed by atoms with Crippen molar-refractivity contribution in [2.24, 2.45) is 0 Å². The van der Waals surface area contributed by atoms with Crippen LogP contribution in [0.4, 0.5) is 0 Å². The Hall–Kier alpha value is -6.26. The average Bonchev–Trinajstić information content (AvgIpc) is 3.72. The SMILES string of the molecule is Cc1cccc(C)c1-c1cc(-c2cccc(-n3c4ccccc4c4cccnc43)c2)nc(-c2cccc3c(-c4ccccc4)c[nH]c23)c1. The molecule has 0 aliphatic rings. The lowest BCUT2D eigenvalue weighted by atomic mass is 9.93. The topological polar surface area (TPSA) is 46.5 Å². The number of H-pyrrole nitrogens is 1. The van der Waals surface area contributed by atoms with Gasteiger partial charge in [-0.3, -0.25) is 4.57 Å². The Morgan fingerprint density at radius 3 is 2.12 bits per heavy atom. The summed E-state index contributed by atoms with van der Waals surface area (Å²) in [7, 11) is 0. The molecular weight excluding hydrogens is 585 g/mol. The number of nitrogens with one attached hydrogen (secondary N) is 1. The van der Waals surface area contributed by atoms with Crippen LogP contribution in [0.5, 0.6) is 0 Å². The van der Waals surface area contributed by atoms with Crippen LogP contribution in [0, 0.1) is 13.8 Å². The summed E-state index contributed by atoms with van der Waals surface area (Å²) >= 11 is 0. The van der Waals surface area contributed by atoms with Crippen molar-refractivity contribution < 1.29 is 0 Å². The fraction of sp³-hybridized carbons (Fsp3) is 0.0455. The van der Waals surface area contributed by atoms with Crippen LogP contribution in [0.2, 0.25) is 0 Å². The predicted octanol–water partition coefficient (Wildman–Crippen LogP) is 11.3. The van der Waals surface area contributed by atoms with Gasteiger partial charge in [0.2, 0.25) is 0 Å². The zero-order valence-corrected chi connectivity index (χ0v) is 26.8. The second-order valence-corrected chi connectivity index (χ2v) is 12.5. The zero-order valence-electron chi connectivity index (χ0n) is 26.8. The molecule has 0 aliphatic carbocycles. The molecule has 0 spiro atoms. The van der Waals surface area contributed by atoms with E-state index in [0.717, 1.165) is 55.8 Å². The van der Waals surface area contributed by atoms with Crippen molar-refractivity contribution in [3.63, 3.8) is 0 Å². The maximum absolute atomic E-state index is 5.39. The lowest BCUT2D eigenvalue weighted by molar-refractivity contribution is 1.13. The third-order valence-corrected chi connectivity index (χ3v) is 9.51. The molecule has 0 saturated heterocycles. The monoisotopic (exact) mass is 616 g/mol. The van der Waals surface area contributed by atoms with Crippen LogP contribution in [0.3, 0.4) is 0 Å². The predicted molar refractivity (Wildman–Crippen MR) is 199 cm³/mol. The number of hydrogen-bond donors (Lipinski definition) is 1. The summed E-state index contributed by atoms with van der Waals surface area (Å²) in [6, 6.07) is 49.4. The summed E-state index contributed by atoms with van der Waals surface area (Å²) in [5.41, 5.74) is 15.5. The number of nitrogens with zero attached hydrogens (tertiary/aromatic N) is 3. The van der Waals surface area contributed by atoms with E-state index in [1.54, 1.807) is 0 Å². The summed E-state index contributed by atoms with van der Waals surface area (Å²) in [6.45, 7) is 4.38. The molecule has 5 aromatic carbocycles. The van der Waals surface area contributed by atoms with Gasteiger partial charge < -0.3 is 4.98 Å². The number of para-hydroxylation sites is 2. The molecule has 1 N–H and O–H groups in total. The van der Waals surface area contributed by atoms with E-state index in [-0.39, 0.29) is 0 Å². The smallest absolute Gasteiger partial charge is 0.145 e. The van der Waals surface area contributed by atoms with Crippen molar-refractivity contribution in [1.29, 1.82) is 0 Å². The van der Waals surface area contributed by atoms with Crippen molar-refractivity contribution in [3.8, 4) is 50.5 Å². The Balaban J connectivity index is 1.26. The molecule has 4 heteroatoms. The van der Waals surface area contributed by atoms with E-state index in [9.17, 15) is 0 Å². The first-order valence-corrected chi connectivity index (χ1v) is 16.3. The number of hydrogen-bond acceptors (Lipinski definition) is 2. The molecule has 9 aromatic rings. The summed E-state index contributed by atoms with van der Waals surface area (Å²) in [4.78, 5) is 13.8. The summed E-state index contributed by atoms with van der Waals surface area (Å²) < 4.78 is 2.26. The Kier molecular flexibility index (Phi) is 6.54. The van der Waals surface area contributed by atoms with Crippen LogP contribution in [-0.2, 0) is 0 Å². The van der Waals surface area contributed by atoms with Crippen molar-refractivity contribution in [1.82, 2.24) is 19.5 Å². The van der Waals surface area contributed by atoms with Crippen molar-refractivity contribution in [3.05, 3.63) is 163 Å². The number of fused-ring (bicyclic) bond motifs is 4. The number of aromatic nitrogens is 4. The summed E-state index contributed by atoms with van der Waals surface area (Å²) in [5, 5.41) is 3.52. The van der Waals surface area contributed by atoms with E-state index < -0.39 is 0 Å². The van der Waals surface area contributed by atoms with Gasteiger partial charge in [0.15, 0.2) is 0 Å². The molecule has 9 rings (SSSR count). The molecule has 228 valence electrons. The molecule has 0 amide bonds. The quantitative estimate of drug-likeness (QED) is 0.209. The van der Waals surface area contributed by atoms with Crippen LogP contribution in [-0.4, -0.2) is 19.5 Å². The molecule has 0 unspecified atom stereocenters. The maximum atomic E-state index is 5.39. The zero-order chi connectivity index (χ0) is 32.2. The number of rotatable bonds is 5. The van der Waals surface area contributed by atoms with Gasteiger partial charge in [-0.1, -0.05) is 97.1 Å². The first-order chi connectivity index (χ1) is 23.6. The summed E-state index contributed by atoms with van der Waals surface area (Å²) in [5.74, 6) is 0. The molecule has 0 bridgehead atoms. The molecular formula is C44H32N4. The van der Waals surface area contributed by atoms with Crippen LogP contribution < -0.4 is 0 Å². The Bertz CT molecular complexity index is 2570. The first-order valence-electron chi connectivity index (χ1n) is 16.3. The minimum absolute atomic E-state index is 0.924. The fourth-order valence-electron chi connectivity index (χ4n) is 7.32. The highest BCUT2D eigenvalue weighted by atomic mass is 15.0. The molecule has 4 aromatic heterocycles. The summed E-state index contributed by atoms with van der Waals surface area (Å²) in [6.07, 6.45) is 3.98. The minimum atomic E-state index is 0.924. The van der Waals surface area contributed by atoms with Gasteiger partial charge in [0.1, 0.15) is 5.65 Å². The fourth-order valence-corrected chi connectivity index (χ4v) is 7.32. The van der Waals surface area contributed by atoms with Gasteiger partial charge in [-0.05, 0) is 84.1 Å². The second-order valence-electron chi connectivity index (χ2n) is 12.5. The van der Waals surface area contributed by atoms with E-state index in [4.69, 9.17) is 9.97 Å². The average molecular weight is 617 g/mol. The number of benzene rings is 5. The lowest BCUT2D eigenvalue weighted by Crippen LogP contribution is -1.97. The maximum Gasteiger partial charge on any atom is 0.145 e. The highest BCUT2D eigenvalue weighted by Crippen LogP contribution is 2.39. The Morgan fingerprint density at radius 2 is 1.25 bits per heavy atom. The Morgan fingerprint density at radius 1 is 0.542 bits per heavy atom. The van der Waals surface area contributed by atoms with E-state index >= 15 is 0 Å². The van der Waals surface area contributed by atoms with Crippen LogP contribution in [0.25, 0.3) is 83.3 Å². The van der Waals surface area contributed by atoms with E-state index in [1.165, 1.54) is 38.6 Å². The van der Waals surface area contributed by atoms with Gasteiger partial charge in [-0.25, -0.2) is 9.97 Å². The van der Waals surface area contributed by atoms with Crippen LogP contribution in [0.1, 0.15) is 11.1 Å². The van der Waals surface area contributed by atoms with Crippen molar-refractivity contribution >= 4 is 32.8 Å². The highest BCUT2D eigenvalue weighted by molar-refractivity contribution is 6.08. The van der Waals surface area contributed by atoms with Crippen molar-refractivity contribution in [2.75, 3.05) is 0 Å². The van der Waals surface area contributed by atoms with Gasteiger partial charge in [0.25, 0.3) is 0 Å². The molecule has 48 heavy (non-hydrogen) atoms. The van der Waals surface area contributed by atoms with E-state index in [0.29, 0.717) is 0 Å². The molecule has 0 aliphatic heterocycles. The van der Waals surface area contributed by atoms with Gasteiger partial charge >= 0.3 is 0 Å². The lowest BCUT2D eigenvalue weighted by Gasteiger charge is -2.15. The third-order valence-electron chi connectivity index (χ3n) is 9.51. The van der Waals surface area contributed by atoms with Crippen LogP contribution >= 0.6 is 0 Å². The van der Waals surface area contributed by atoms with E-state index in [1.807, 2.05) is 12.3 Å². The molecule has 0 radical (unpaired) electrons. The Labute approximate surface area is 279 Å². The second kappa shape index (κ2) is 11.2. The number of aromatic amines is 1. The number of aryl methyl sites for hydroxylation is 2. The van der Waals surface area contributed by atoms with E-state index in [2.05, 4.69) is 163 Å². The third kappa shape index (κ3) is 4.53. The highest BCUT2D eigenvalue weighted by Gasteiger charge is 2.17. The normalized spacial score (nSPS) is 11.5. The van der Waals surface area contributed by atoms with Crippen LogP contribution in [0.15, 0.2) is 152 Å². The van der Waals surface area contributed by atoms with Crippen molar-refractivity contribution in [2.45, 2.75) is 13.8 Å². The molecule has 0 fully saturated rings. The van der Waals surface area contributed by atoms with Gasteiger partial charge in [0, 0.05) is 50.9 Å². The molecule has 0 saturated carbocycles. The standard InChI is InChI=1S/C44H32N4/c1-28-12-8-13-29(2)42(28)32-25-39(47-40(26-32)37-20-10-19-35-38(27-46-43(35)37)30-14-4-3-5-15-30)31-16-9-17-33(24-31)48-41-22-7-6-18-34(41)36-21-11-23-45-44(36)48/h3-27,46H,1-2H3. The van der Waals surface area contributed by atoms with Gasteiger partial charge in [-0.15, -0.1) is 0 Å². The molecule has 0 atom stereocenters.